The topological polar surface area (TPSA) is 65.0 Å². The lowest BCUT2D eigenvalue weighted by Crippen LogP contribution is -2.29. The van der Waals surface area contributed by atoms with E-state index in [0.29, 0.717) is 0 Å². The predicted molar refractivity (Wildman–Crippen MR) is 62.4 cm³/mol. The summed E-state index contributed by atoms with van der Waals surface area (Å²) in [4.78, 5) is 11.1. The average molecular weight is 250 g/mol. The zero-order valence-electron chi connectivity index (χ0n) is 9.69. The molecule has 1 unspecified atom stereocenters. The molecule has 1 atom stereocenters. The van der Waals surface area contributed by atoms with E-state index in [1.165, 1.54) is 12.5 Å². The highest BCUT2D eigenvalue weighted by atomic mass is 16.7. The molecule has 0 aliphatic carbocycles. The van der Waals surface area contributed by atoms with Gasteiger partial charge in [-0.1, -0.05) is 30.3 Å². The fraction of sp³-hybridized carbons (Fsp3) is 0.308. The first-order valence-corrected chi connectivity index (χ1v) is 5.60. The van der Waals surface area contributed by atoms with Crippen LogP contribution >= 0.6 is 0 Å². The number of carbonyl (C=O) groups is 1. The van der Waals surface area contributed by atoms with Crippen LogP contribution in [0.15, 0.2) is 42.9 Å². The summed E-state index contributed by atoms with van der Waals surface area (Å²) in [5.41, 5.74) is 0.926. The van der Waals surface area contributed by atoms with Gasteiger partial charge in [0, 0.05) is 0 Å². The largest absolute Gasteiger partial charge is 0.479 e. The van der Waals surface area contributed by atoms with E-state index in [1.54, 1.807) is 0 Å². The van der Waals surface area contributed by atoms with Crippen LogP contribution in [0, 0.1) is 0 Å². The van der Waals surface area contributed by atoms with Crippen molar-refractivity contribution in [1.29, 1.82) is 0 Å². The summed E-state index contributed by atoms with van der Waals surface area (Å²) >= 11 is 0. The van der Waals surface area contributed by atoms with Gasteiger partial charge >= 0.3 is 5.97 Å². The van der Waals surface area contributed by atoms with Gasteiger partial charge in [-0.3, -0.25) is 0 Å². The van der Waals surface area contributed by atoms with Gasteiger partial charge in [-0.05, 0) is 5.56 Å². The summed E-state index contributed by atoms with van der Waals surface area (Å²) in [6.07, 6.45) is 1.40. The van der Waals surface area contributed by atoms with Crippen molar-refractivity contribution in [2.24, 2.45) is 0 Å². The van der Waals surface area contributed by atoms with E-state index in [2.05, 4.69) is 0 Å². The molecule has 2 rings (SSSR count). The zero-order valence-corrected chi connectivity index (χ0v) is 9.69. The van der Waals surface area contributed by atoms with Crippen molar-refractivity contribution in [3.63, 3.8) is 0 Å². The van der Waals surface area contributed by atoms with Crippen LogP contribution in [0.2, 0.25) is 0 Å². The first-order valence-electron chi connectivity index (χ1n) is 5.60. The van der Waals surface area contributed by atoms with E-state index in [1.807, 2.05) is 30.3 Å². The molecule has 0 bridgehead atoms. The summed E-state index contributed by atoms with van der Waals surface area (Å²) in [5.74, 6) is -1.02. The zero-order chi connectivity index (χ0) is 12.8. The van der Waals surface area contributed by atoms with Gasteiger partial charge < -0.3 is 19.3 Å². The monoisotopic (exact) mass is 250 g/mol. The van der Waals surface area contributed by atoms with Gasteiger partial charge in [0.25, 0.3) is 0 Å². The van der Waals surface area contributed by atoms with E-state index in [0.717, 1.165) is 5.56 Å². The number of hydrogen-bond acceptors (Lipinski definition) is 4. The number of ether oxygens (including phenoxy) is 3. The Morgan fingerprint density at radius 1 is 1.28 bits per heavy atom. The molecule has 18 heavy (non-hydrogen) atoms. The van der Waals surface area contributed by atoms with E-state index in [-0.39, 0.29) is 13.0 Å². The molecule has 0 saturated carbocycles. The summed E-state index contributed by atoms with van der Waals surface area (Å²) in [6, 6.07) is 9.40. The molecule has 1 aliphatic rings. The van der Waals surface area contributed by atoms with Gasteiger partial charge in [0.05, 0.1) is 13.0 Å². The Balaban J connectivity index is 1.84. The fourth-order valence-electron chi connectivity index (χ4n) is 1.57. The number of carboxylic acids is 1. The van der Waals surface area contributed by atoms with Crippen LogP contribution in [0.3, 0.4) is 0 Å². The highest BCUT2D eigenvalue weighted by molar-refractivity contribution is 5.72. The number of hydrogen-bond donors (Lipinski definition) is 1. The van der Waals surface area contributed by atoms with Gasteiger partial charge in [-0.2, -0.15) is 0 Å². The molecule has 1 N–H and O–H groups in total. The van der Waals surface area contributed by atoms with Gasteiger partial charge in [0.15, 0.2) is 6.10 Å². The Kier molecular flexibility index (Phi) is 4.20. The quantitative estimate of drug-likeness (QED) is 0.835. The summed E-state index contributed by atoms with van der Waals surface area (Å²) in [6.45, 7) is 0.248. The minimum atomic E-state index is -1.02. The molecular weight excluding hydrogens is 236 g/mol. The smallest absolute Gasteiger partial charge is 0.333 e. The Bertz CT molecular complexity index is 407. The SMILES string of the molecule is O=C(O)C(CC1OC=CO1)OCc1ccccc1. The Morgan fingerprint density at radius 3 is 2.56 bits per heavy atom. The molecular formula is C13H14O5. The average Bonchev–Trinajstić information content (AvgIpc) is 2.88. The third-order valence-electron chi connectivity index (χ3n) is 2.49. The summed E-state index contributed by atoms with van der Waals surface area (Å²) in [5, 5.41) is 9.06. The van der Waals surface area contributed by atoms with Crippen molar-refractivity contribution in [2.75, 3.05) is 0 Å². The highest BCUT2D eigenvalue weighted by Gasteiger charge is 2.26. The molecule has 0 saturated heterocycles. The van der Waals surface area contributed by atoms with Crippen molar-refractivity contribution >= 4 is 5.97 Å². The molecule has 1 heterocycles. The molecule has 1 aliphatic heterocycles. The van der Waals surface area contributed by atoms with E-state index in [9.17, 15) is 4.79 Å². The van der Waals surface area contributed by atoms with E-state index < -0.39 is 18.4 Å². The predicted octanol–water partition coefficient (Wildman–Crippen LogP) is 1.89. The maximum Gasteiger partial charge on any atom is 0.333 e. The molecule has 5 nitrogen and oxygen atoms in total. The Morgan fingerprint density at radius 2 is 1.94 bits per heavy atom. The summed E-state index contributed by atoms with van der Waals surface area (Å²) < 4.78 is 15.4. The molecule has 0 amide bonds. The third kappa shape index (κ3) is 3.49. The number of aliphatic carboxylic acids is 1. The maximum atomic E-state index is 11.1. The van der Waals surface area contributed by atoms with Crippen molar-refractivity contribution in [3.05, 3.63) is 48.4 Å². The van der Waals surface area contributed by atoms with Crippen molar-refractivity contribution < 1.29 is 24.1 Å². The standard InChI is InChI=1S/C13H14O5/c14-13(15)11(8-12-16-6-7-17-12)18-9-10-4-2-1-3-5-10/h1-7,11-12H,8-9H2,(H,14,15). The van der Waals surface area contributed by atoms with Crippen LogP contribution in [-0.2, 0) is 25.6 Å². The molecule has 1 aromatic carbocycles. The van der Waals surface area contributed by atoms with Gasteiger partial charge in [0.1, 0.15) is 12.5 Å². The van der Waals surface area contributed by atoms with E-state index >= 15 is 0 Å². The van der Waals surface area contributed by atoms with Gasteiger partial charge in [0.2, 0.25) is 6.29 Å². The van der Waals surface area contributed by atoms with Crippen molar-refractivity contribution in [3.8, 4) is 0 Å². The molecule has 0 spiro atoms. The number of benzene rings is 1. The normalized spacial score (nSPS) is 16.0. The van der Waals surface area contributed by atoms with Gasteiger partial charge in [-0.25, -0.2) is 4.79 Å². The second-order valence-corrected chi connectivity index (χ2v) is 3.83. The van der Waals surface area contributed by atoms with Crippen molar-refractivity contribution in [2.45, 2.75) is 25.4 Å². The minimum absolute atomic E-state index is 0.148. The minimum Gasteiger partial charge on any atom is -0.479 e. The second kappa shape index (κ2) is 6.07. The van der Waals surface area contributed by atoms with Crippen LogP contribution in [0.25, 0.3) is 0 Å². The van der Waals surface area contributed by atoms with Crippen LogP contribution in [-0.4, -0.2) is 23.5 Å². The Labute approximate surface area is 105 Å². The second-order valence-electron chi connectivity index (χ2n) is 3.83. The third-order valence-corrected chi connectivity index (χ3v) is 2.49. The molecule has 96 valence electrons. The van der Waals surface area contributed by atoms with Crippen LogP contribution in [0.4, 0.5) is 0 Å². The summed E-state index contributed by atoms with van der Waals surface area (Å²) in [7, 11) is 0. The highest BCUT2D eigenvalue weighted by Crippen LogP contribution is 2.15. The molecule has 0 fully saturated rings. The van der Waals surface area contributed by atoms with Gasteiger partial charge in [-0.15, -0.1) is 0 Å². The molecule has 1 aromatic rings. The Hall–Kier alpha value is -2.01. The molecule has 5 heteroatoms. The molecule has 0 aromatic heterocycles. The lowest BCUT2D eigenvalue weighted by Gasteiger charge is -2.17. The number of carboxylic acid groups (broad SMARTS) is 1. The van der Waals surface area contributed by atoms with Crippen LogP contribution < -0.4 is 0 Å². The molecule has 0 radical (unpaired) electrons. The first kappa shape index (κ1) is 12.4. The fourth-order valence-corrected chi connectivity index (χ4v) is 1.57. The lowest BCUT2D eigenvalue weighted by molar-refractivity contribution is -0.157. The maximum absolute atomic E-state index is 11.1. The van der Waals surface area contributed by atoms with Crippen molar-refractivity contribution in [1.82, 2.24) is 0 Å². The number of rotatable bonds is 6. The van der Waals surface area contributed by atoms with E-state index in [4.69, 9.17) is 19.3 Å². The first-order chi connectivity index (χ1) is 8.75. The lowest BCUT2D eigenvalue weighted by atomic mass is 10.2. The van der Waals surface area contributed by atoms with Crippen LogP contribution in [0.5, 0.6) is 0 Å². The van der Waals surface area contributed by atoms with Crippen LogP contribution in [0.1, 0.15) is 12.0 Å².